The highest BCUT2D eigenvalue weighted by Gasteiger charge is 2.12. The Morgan fingerprint density at radius 2 is 1.96 bits per heavy atom. The maximum Gasteiger partial charge on any atom is 0.191 e. The number of guanidine groups is 1. The molecule has 0 bridgehead atoms. The minimum absolute atomic E-state index is 0.105. The molecule has 0 saturated heterocycles. The fourth-order valence-electron chi connectivity index (χ4n) is 2.33. The minimum atomic E-state index is -0.680. The van der Waals surface area contributed by atoms with E-state index in [1.54, 1.807) is 13.2 Å². The number of nitrogens with one attached hydrogen (secondary N) is 2. The van der Waals surface area contributed by atoms with Gasteiger partial charge in [0.15, 0.2) is 17.5 Å². The Kier molecular flexibility index (Phi) is 8.71. The summed E-state index contributed by atoms with van der Waals surface area (Å²) in [6.45, 7) is 5.46. The molecule has 6 nitrogen and oxygen atoms in total. The molecular weight excluding hydrogens is 386 g/mol. The van der Waals surface area contributed by atoms with Crippen molar-refractivity contribution in [3.63, 3.8) is 0 Å². The summed E-state index contributed by atoms with van der Waals surface area (Å²) in [5.74, 6) is 2.01. The van der Waals surface area contributed by atoms with Crippen molar-refractivity contribution in [3.8, 4) is 11.5 Å². The van der Waals surface area contributed by atoms with Gasteiger partial charge in [-0.25, -0.2) is 0 Å². The molecule has 0 saturated carbocycles. The normalized spacial score (nSPS) is 13.7. The van der Waals surface area contributed by atoms with Gasteiger partial charge in [-0.3, -0.25) is 4.99 Å². The summed E-state index contributed by atoms with van der Waals surface area (Å²) < 4.78 is 11.9. The molecule has 0 amide bonds. The van der Waals surface area contributed by atoms with Crippen LogP contribution in [0.5, 0.6) is 11.5 Å². The summed E-state index contributed by atoms with van der Waals surface area (Å²) in [7, 11) is 1.62. The maximum absolute atomic E-state index is 10.2. The van der Waals surface area contributed by atoms with Gasteiger partial charge in [0.2, 0.25) is 0 Å². The van der Waals surface area contributed by atoms with Crippen LogP contribution in [0.2, 0.25) is 4.34 Å². The van der Waals surface area contributed by atoms with Gasteiger partial charge >= 0.3 is 0 Å². The van der Waals surface area contributed by atoms with E-state index in [0.717, 1.165) is 4.88 Å². The van der Waals surface area contributed by atoms with Crippen molar-refractivity contribution in [2.45, 2.75) is 26.1 Å². The van der Waals surface area contributed by atoms with E-state index >= 15 is 0 Å². The van der Waals surface area contributed by atoms with Crippen LogP contribution in [0.15, 0.2) is 41.4 Å². The Morgan fingerprint density at radius 3 is 2.59 bits per heavy atom. The van der Waals surface area contributed by atoms with Gasteiger partial charge in [0.25, 0.3) is 0 Å². The number of nitrogens with zero attached hydrogens (tertiary/aromatic N) is 1. The highest BCUT2D eigenvalue weighted by molar-refractivity contribution is 7.16. The first kappa shape index (κ1) is 21.3. The number of hydrogen-bond donors (Lipinski definition) is 3. The molecule has 0 aliphatic carbocycles. The number of aliphatic hydroxyl groups excluding tert-OH is 1. The van der Waals surface area contributed by atoms with Crippen molar-refractivity contribution >= 4 is 28.9 Å². The number of ether oxygens (including phenoxy) is 2. The molecule has 148 valence electrons. The zero-order valence-electron chi connectivity index (χ0n) is 15.7. The molecule has 27 heavy (non-hydrogen) atoms. The van der Waals surface area contributed by atoms with Crippen molar-refractivity contribution in [1.29, 1.82) is 0 Å². The summed E-state index contributed by atoms with van der Waals surface area (Å²) in [4.78, 5) is 5.24. The van der Waals surface area contributed by atoms with Crippen LogP contribution in [-0.4, -0.2) is 43.9 Å². The largest absolute Gasteiger partial charge is 0.493 e. The predicted molar refractivity (Wildman–Crippen MR) is 111 cm³/mol. The van der Waals surface area contributed by atoms with Crippen LogP contribution in [0, 0.1) is 0 Å². The third-order valence-corrected chi connectivity index (χ3v) is 4.98. The fraction of sp³-hybridized carbons (Fsp3) is 0.421. The Balaban J connectivity index is 1.89. The molecule has 0 aliphatic heterocycles. The van der Waals surface area contributed by atoms with Crippen LogP contribution < -0.4 is 20.1 Å². The Labute approximate surface area is 169 Å². The molecule has 1 heterocycles. The second-order valence-corrected chi connectivity index (χ2v) is 7.58. The first-order valence-electron chi connectivity index (χ1n) is 8.78. The molecule has 8 heteroatoms. The van der Waals surface area contributed by atoms with E-state index in [0.29, 0.717) is 34.9 Å². The summed E-state index contributed by atoms with van der Waals surface area (Å²) in [5.41, 5.74) is 0. The number of aliphatic imine (C=N–C) groups is 1. The standard InChI is InChI=1S/C19H26ClN3O3S/c1-4-21-19(23-12-14(24)17-9-10-18(20)27-17)22-11-13(2)26-16-8-6-5-7-15(16)25-3/h5-10,13-14,24H,4,11-12H2,1-3H3,(H2,21,22,23). The van der Waals surface area contributed by atoms with E-state index in [1.807, 2.05) is 44.2 Å². The molecule has 0 fully saturated rings. The zero-order chi connectivity index (χ0) is 19.6. The lowest BCUT2D eigenvalue weighted by atomic mass is 10.3. The molecular formula is C19H26ClN3O3S. The fourth-order valence-corrected chi connectivity index (χ4v) is 3.37. The smallest absolute Gasteiger partial charge is 0.191 e. The van der Waals surface area contributed by atoms with E-state index in [4.69, 9.17) is 21.1 Å². The summed E-state index contributed by atoms with van der Waals surface area (Å²) >= 11 is 7.27. The first-order valence-corrected chi connectivity index (χ1v) is 9.98. The molecule has 2 unspecified atom stereocenters. The van der Waals surface area contributed by atoms with Crippen LogP contribution >= 0.6 is 22.9 Å². The lowest BCUT2D eigenvalue weighted by Crippen LogP contribution is -2.42. The molecule has 1 aromatic carbocycles. The van der Waals surface area contributed by atoms with E-state index < -0.39 is 6.10 Å². The third-order valence-electron chi connectivity index (χ3n) is 3.64. The van der Waals surface area contributed by atoms with Crippen molar-refractivity contribution in [3.05, 3.63) is 45.6 Å². The second kappa shape index (κ2) is 11.0. The predicted octanol–water partition coefficient (Wildman–Crippen LogP) is 3.47. The molecule has 0 radical (unpaired) electrons. The molecule has 2 rings (SSSR count). The summed E-state index contributed by atoms with van der Waals surface area (Å²) in [6.07, 6.45) is -0.786. The van der Waals surface area contributed by atoms with E-state index in [1.165, 1.54) is 11.3 Å². The number of hydrogen-bond acceptors (Lipinski definition) is 5. The molecule has 3 N–H and O–H groups in total. The minimum Gasteiger partial charge on any atom is -0.493 e. The number of benzene rings is 1. The SMILES string of the molecule is CCNC(=NCC(O)c1ccc(Cl)s1)NCC(C)Oc1ccccc1OC. The Hall–Kier alpha value is -1.96. The van der Waals surface area contributed by atoms with Crippen molar-refractivity contribution in [2.24, 2.45) is 4.99 Å². The van der Waals surface area contributed by atoms with E-state index in [-0.39, 0.29) is 12.6 Å². The number of thiophene rings is 1. The average Bonchev–Trinajstić information content (AvgIpc) is 3.10. The van der Waals surface area contributed by atoms with Gasteiger partial charge in [-0.15, -0.1) is 11.3 Å². The molecule has 2 atom stereocenters. The molecule has 2 aromatic rings. The summed E-state index contributed by atoms with van der Waals surface area (Å²) in [5, 5.41) is 16.6. The number of rotatable bonds is 9. The van der Waals surface area contributed by atoms with E-state index in [9.17, 15) is 5.11 Å². The molecule has 1 aromatic heterocycles. The van der Waals surface area contributed by atoms with Crippen molar-refractivity contribution in [1.82, 2.24) is 10.6 Å². The Morgan fingerprint density at radius 1 is 1.22 bits per heavy atom. The Bertz CT molecular complexity index is 738. The quantitative estimate of drug-likeness (QED) is 0.435. The van der Waals surface area contributed by atoms with Gasteiger partial charge in [-0.05, 0) is 38.1 Å². The number of para-hydroxylation sites is 2. The number of methoxy groups -OCH3 is 1. The average molecular weight is 412 g/mol. The van der Waals surface area contributed by atoms with E-state index in [2.05, 4.69) is 15.6 Å². The van der Waals surface area contributed by atoms with Gasteiger partial charge in [-0.2, -0.15) is 0 Å². The zero-order valence-corrected chi connectivity index (χ0v) is 17.3. The highest BCUT2D eigenvalue weighted by Crippen LogP contribution is 2.27. The van der Waals surface area contributed by atoms with Crippen molar-refractivity contribution < 1.29 is 14.6 Å². The monoisotopic (exact) mass is 411 g/mol. The molecule has 0 spiro atoms. The number of halogens is 1. The van der Waals surface area contributed by atoms with Crippen LogP contribution in [0.3, 0.4) is 0 Å². The van der Waals surface area contributed by atoms with Crippen molar-refractivity contribution in [2.75, 3.05) is 26.7 Å². The van der Waals surface area contributed by atoms with Crippen LogP contribution in [0.4, 0.5) is 0 Å². The highest BCUT2D eigenvalue weighted by atomic mass is 35.5. The maximum atomic E-state index is 10.2. The second-order valence-electron chi connectivity index (χ2n) is 5.84. The lowest BCUT2D eigenvalue weighted by molar-refractivity contribution is 0.190. The van der Waals surface area contributed by atoms with Gasteiger partial charge in [-0.1, -0.05) is 23.7 Å². The van der Waals surface area contributed by atoms with Gasteiger partial charge < -0.3 is 25.2 Å². The van der Waals surface area contributed by atoms with Crippen LogP contribution in [-0.2, 0) is 0 Å². The molecule has 0 aliphatic rings. The van der Waals surface area contributed by atoms with Gasteiger partial charge in [0, 0.05) is 11.4 Å². The van der Waals surface area contributed by atoms with Gasteiger partial charge in [0.1, 0.15) is 12.2 Å². The van der Waals surface area contributed by atoms with Crippen LogP contribution in [0.1, 0.15) is 24.8 Å². The van der Waals surface area contributed by atoms with Gasteiger partial charge in [0.05, 0.1) is 24.5 Å². The topological polar surface area (TPSA) is 75.1 Å². The summed E-state index contributed by atoms with van der Waals surface area (Å²) in [6, 6.07) is 11.1. The van der Waals surface area contributed by atoms with Crippen LogP contribution in [0.25, 0.3) is 0 Å². The first-order chi connectivity index (χ1) is 13.0. The third kappa shape index (κ3) is 6.93. The lowest BCUT2D eigenvalue weighted by Gasteiger charge is -2.19. The number of aliphatic hydroxyl groups is 1.